The highest BCUT2D eigenvalue weighted by atomic mass is 16.4. The second kappa shape index (κ2) is 11.3. The zero-order chi connectivity index (χ0) is 17.2. The molecule has 11 nitrogen and oxygen atoms in total. The van der Waals surface area contributed by atoms with E-state index in [0.29, 0.717) is 0 Å². The van der Waals surface area contributed by atoms with Gasteiger partial charge in [0.1, 0.15) is 24.4 Å². The predicted octanol–water partition coefficient (Wildman–Crippen LogP) is -4.68. The van der Waals surface area contributed by atoms with E-state index in [2.05, 4.69) is 0 Å². The maximum Gasteiger partial charge on any atom is 0.333 e. The molecule has 0 aliphatic carbocycles. The van der Waals surface area contributed by atoms with E-state index in [1.807, 2.05) is 0 Å². The molecule has 9 N–H and O–H groups in total. The quantitative estimate of drug-likeness (QED) is 0.207. The Morgan fingerprint density at radius 2 is 1.10 bits per heavy atom. The van der Waals surface area contributed by atoms with Crippen LogP contribution in [-0.4, -0.2) is 102 Å². The standard InChI is InChI=1S/C6H14O6.C4H6O5/c7-1-3(9)5(11)6(12)4(10)2-8;5-2(4(8)9)1-3(6)7/h3-12H,1-2H2;2,5H,1H2,(H,6,7)(H,8,9). The van der Waals surface area contributed by atoms with Gasteiger partial charge in [0.25, 0.3) is 0 Å². The first-order valence-electron chi connectivity index (χ1n) is 5.65. The molecule has 0 saturated heterocycles. The molecule has 0 heterocycles. The minimum atomic E-state index is -1.79. The van der Waals surface area contributed by atoms with Crippen molar-refractivity contribution in [2.24, 2.45) is 0 Å². The molecule has 11 heteroatoms. The summed E-state index contributed by atoms with van der Waals surface area (Å²) in [6.45, 7) is -1.45. The van der Waals surface area contributed by atoms with Gasteiger partial charge in [0.05, 0.1) is 19.6 Å². The molecule has 0 saturated carbocycles. The minimum absolute atomic E-state index is 0.726. The fraction of sp³-hybridized carbons (Fsp3) is 0.800. The van der Waals surface area contributed by atoms with Gasteiger partial charge in [0.15, 0.2) is 6.10 Å². The molecule has 0 rings (SSSR count). The van der Waals surface area contributed by atoms with Gasteiger partial charge in [-0.2, -0.15) is 0 Å². The Hall–Kier alpha value is -1.34. The van der Waals surface area contributed by atoms with Crippen molar-refractivity contribution in [2.45, 2.75) is 36.9 Å². The van der Waals surface area contributed by atoms with E-state index in [-0.39, 0.29) is 0 Å². The minimum Gasteiger partial charge on any atom is -0.481 e. The fourth-order valence-corrected chi connectivity index (χ4v) is 0.924. The third-order valence-corrected chi connectivity index (χ3v) is 2.17. The van der Waals surface area contributed by atoms with Crippen molar-refractivity contribution in [1.29, 1.82) is 0 Å². The molecule has 0 bridgehead atoms. The molecule has 0 aliphatic rings. The third-order valence-electron chi connectivity index (χ3n) is 2.17. The summed E-state index contributed by atoms with van der Waals surface area (Å²) in [6, 6.07) is 0. The molecule has 0 aromatic carbocycles. The molecule has 0 radical (unpaired) electrons. The lowest BCUT2D eigenvalue weighted by atomic mass is 10.0. The first kappa shape index (κ1) is 21.9. The Labute approximate surface area is 119 Å². The van der Waals surface area contributed by atoms with Gasteiger partial charge in [-0.25, -0.2) is 4.79 Å². The summed E-state index contributed by atoms with van der Waals surface area (Å²) in [7, 11) is 0. The molecule has 0 aromatic heterocycles. The molecule has 5 atom stereocenters. The smallest absolute Gasteiger partial charge is 0.333 e. The Kier molecular flexibility index (Phi) is 11.8. The molecule has 0 aromatic rings. The van der Waals surface area contributed by atoms with Crippen LogP contribution in [0.5, 0.6) is 0 Å². The molecule has 0 aliphatic heterocycles. The van der Waals surface area contributed by atoms with Crippen LogP contribution in [0.4, 0.5) is 0 Å². The van der Waals surface area contributed by atoms with Crippen LogP contribution in [0.2, 0.25) is 0 Å². The van der Waals surface area contributed by atoms with E-state index in [1.165, 1.54) is 0 Å². The van der Waals surface area contributed by atoms with Crippen LogP contribution in [-0.2, 0) is 9.59 Å². The van der Waals surface area contributed by atoms with Crippen molar-refractivity contribution in [3.63, 3.8) is 0 Å². The maximum atomic E-state index is 9.72. The Balaban J connectivity index is 0. The van der Waals surface area contributed by atoms with Crippen molar-refractivity contribution >= 4 is 11.9 Å². The Morgan fingerprint density at radius 1 is 0.762 bits per heavy atom. The third kappa shape index (κ3) is 10.1. The van der Waals surface area contributed by atoms with Gasteiger partial charge in [-0.15, -0.1) is 0 Å². The molecule has 0 fully saturated rings. The van der Waals surface area contributed by atoms with Crippen molar-refractivity contribution < 1.29 is 55.5 Å². The number of aliphatic carboxylic acids is 2. The molecule has 0 spiro atoms. The first-order valence-corrected chi connectivity index (χ1v) is 5.65. The average molecular weight is 316 g/mol. The summed E-state index contributed by atoms with van der Waals surface area (Å²) >= 11 is 0. The zero-order valence-corrected chi connectivity index (χ0v) is 10.8. The number of rotatable bonds is 8. The van der Waals surface area contributed by atoms with Gasteiger partial charge >= 0.3 is 11.9 Å². The van der Waals surface area contributed by atoms with E-state index in [1.54, 1.807) is 0 Å². The number of hydrogen-bond donors (Lipinski definition) is 9. The van der Waals surface area contributed by atoms with Crippen molar-refractivity contribution in [1.82, 2.24) is 0 Å². The van der Waals surface area contributed by atoms with Gasteiger partial charge in [0, 0.05) is 0 Å². The molecular formula is C10H20O11. The summed E-state index contributed by atoms with van der Waals surface area (Å²) in [5.74, 6) is -2.85. The summed E-state index contributed by atoms with van der Waals surface area (Å²) in [6.07, 6.45) is -8.94. The van der Waals surface area contributed by atoms with Crippen LogP contribution < -0.4 is 0 Å². The van der Waals surface area contributed by atoms with Crippen LogP contribution >= 0.6 is 0 Å². The highest BCUT2D eigenvalue weighted by molar-refractivity contribution is 5.79. The maximum absolute atomic E-state index is 9.72. The first-order chi connectivity index (χ1) is 9.58. The molecule has 0 amide bonds. The highest BCUT2D eigenvalue weighted by Crippen LogP contribution is 2.04. The Morgan fingerprint density at radius 3 is 1.24 bits per heavy atom. The number of hydrogen-bond acceptors (Lipinski definition) is 9. The second-order valence-electron chi connectivity index (χ2n) is 3.93. The van der Waals surface area contributed by atoms with E-state index in [0.717, 1.165) is 0 Å². The number of aliphatic hydroxyl groups is 7. The number of carbonyl (C=O) groups is 2. The van der Waals surface area contributed by atoms with Gasteiger partial charge < -0.3 is 46.0 Å². The summed E-state index contributed by atoms with van der Waals surface area (Å²) in [4.78, 5) is 19.4. The molecular weight excluding hydrogens is 296 g/mol. The van der Waals surface area contributed by atoms with Crippen molar-refractivity contribution in [3.05, 3.63) is 0 Å². The second-order valence-corrected chi connectivity index (χ2v) is 3.93. The van der Waals surface area contributed by atoms with Crippen LogP contribution in [0.25, 0.3) is 0 Å². The van der Waals surface area contributed by atoms with Gasteiger partial charge in [0.2, 0.25) is 0 Å². The van der Waals surface area contributed by atoms with E-state index in [9.17, 15) is 9.59 Å². The number of carboxylic acid groups (broad SMARTS) is 2. The predicted molar refractivity (Wildman–Crippen MR) is 64.1 cm³/mol. The highest BCUT2D eigenvalue weighted by Gasteiger charge is 2.29. The average Bonchev–Trinajstić information content (AvgIpc) is 2.43. The monoisotopic (exact) mass is 316 g/mol. The van der Waals surface area contributed by atoms with Crippen molar-refractivity contribution in [2.75, 3.05) is 13.2 Å². The summed E-state index contributed by atoms with van der Waals surface area (Å²) in [5.41, 5.74) is 0. The van der Waals surface area contributed by atoms with Gasteiger partial charge in [-0.3, -0.25) is 4.79 Å². The normalized spacial score (nSPS) is 17.7. The lowest BCUT2D eigenvalue weighted by Gasteiger charge is -2.24. The van der Waals surface area contributed by atoms with E-state index in [4.69, 9.17) is 46.0 Å². The SMILES string of the molecule is O=C(O)CC(O)C(=O)O.OCC(O)C(O)C(O)C(O)CO. The van der Waals surface area contributed by atoms with Crippen LogP contribution in [0.15, 0.2) is 0 Å². The van der Waals surface area contributed by atoms with Crippen molar-refractivity contribution in [3.8, 4) is 0 Å². The largest absolute Gasteiger partial charge is 0.481 e. The van der Waals surface area contributed by atoms with E-state index < -0.39 is 62.1 Å². The van der Waals surface area contributed by atoms with E-state index >= 15 is 0 Å². The fourth-order valence-electron chi connectivity index (χ4n) is 0.924. The lowest BCUT2D eigenvalue weighted by molar-refractivity contribution is -0.152. The van der Waals surface area contributed by atoms with Crippen LogP contribution in [0, 0.1) is 0 Å². The topological polar surface area (TPSA) is 216 Å². The van der Waals surface area contributed by atoms with Gasteiger partial charge in [-0.05, 0) is 0 Å². The number of carboxylic acids is 2. The zero-order valence-electron chi connectivity index (χ0n) is 10.8. The van der Waals surface area contributed by atoms with Crippen LogP contribution in [0.3, 0.4) is 0 Å². The Bertz CT molecular complexity index is 293. The molecule has 5 unspecified atom stereocenters. The summed E-state index contributed by atoms with van der Waals surface area (Å²) < 4.78 is 0. The molecule has 126 valence electrons. The summed E-state index contributed by atoms with van der Waals surface area (Å²) in [5, 5.41) is 76.3. The molecule has 21 heavy (non-hydrogen) atoms. The lowest BCUT2D eigenvalue weighted by Crippen LogP contribution is -2.46. The van der Waals surface area contributed by atoms with Crippen LogP contribution in [0.1, 0.15) is 6.42 Å². The van der Waals surface area contributed by atoms with Gasteiger partial charge in [-0.1, -0.05) is 0 Å². The number of aliphatic hydroxyl groups excluding tert-OH is 7.